The summed E-state index contributed by atoms with van der Waals surface area (Å²) in [6.07, 6.45) is 0. The molecule has 72 valence electrons. The maximum Gasteiger partial charge on any atom is 0.119 e. The van der Waals surface area contributed by atoms with E-state index in [4.69, 9.17) is 5.73 Å². The Hall–Kier alpha value is -1.02. The van der Waals surface area contributed by atoms with Gasteiger partial charge in [-0.3, -0.25) is 0 Å². The molecule has 1 aromatic rings. The van der Waals surface area contributed by atoms with Crippen molar-refractivity contribution in [3.63, 3.8) is 0 Å². The van der Waals surface area contributed by atoms with E-state index in [2.05, 4.69) is 20.8 Å². The zero-order chi connectivity index (χ0) is 10.1. The number of hydrogen-bond acceptors (Lipinski definition) is 2. The fourth-order valence-electron chi connectivity index (χ4n) is 1.62. The highest BCUT2D eigenvalue weighted by molar-refractivity contribution is 5.43. The largest absolute Gasteiger partial charge is 0.508 e. The predicted octanol–water partition coefficient (Wildman–Crippen LogP) is 2.15. The highest BCUT2D eigenvalue weighted by Gasteiger charge is 2.20. The van der Waals surface area contributed by atoms with E-state index in [9.17, 15) is 5.11 Å². The van der Waals surface area contributed by atoms with Gasteiger partial charge in [0, 0.05) is 12.1 Å². The molecule has 1 aromatic carbocycles. The van der Waals surface area contributed by atoms with Gasteiger partial charge in [-0.1, -0.05) is 32.9 Å². The lowest BCUT2D eigenvalue weighted by atomic mass is 9.83. The van der Waals surface area contributed by atoms with E-state index >= 15 is 0 Å². The zero-order valence-corrected chi connectivity index (χ0v) is 8.46. The van der Waals surface area contributed by atoms with Crippen molar-refractivity contribution in [1.82, 2.24) is 0 Å². The Morgan fingerprint density at radius 2 is 1.92 bits per heavy atom. The van der Waals surface area contributed by atoms with Crippen molar-refractivity contribution >= 4 is 0 Å². The molecule has 0 spiro atoms. The first-order valence-corrected chi connectivity index (χ1v) is 4.48. The third kappa shape index (κ3) is 2.01. The molecule has 0 saturated heterocycles. The molecule has 0 unspecified atom stereocenters. The maximum absolute atomic E-state index is 9.70. The van der Waals surface area contributed by atoms with Crippen molar-refractivity contribution in [1.29, 1.82) is 0 Å². The lowest BCUT2D eigenvalue weighted by Crippen LogP contribution is -2.16. The van der Waals surface area contributed by atoms with E-state index in [1.54, 1.807) is 6.07 Å². The summed E-state index contributed by atoms with van der Waals surface area (Å²) in [6.45, 7) is 6.69. The Kier molecular flexibility index (Phi) is 2.62. The van der Waals surface area contributed by atoms with Gasteiger partial charge in [-0.2, -0.15) is 0 Å². The molecule has 0 heterocycles. The first kappa shape index (κ1) is 10.1. The molecule has 0 aliphatic rings. The maximum atomic E-state index is 9.70. The molecule has 0 atom stereocenters. The molecular formula is C11H17NO. The number of benzene rings is 1. The van der Waals surface area contributed by atoms with Gasteiger partial charge in [-0.15, -0.1) is 0 Å². The van der Waals surface area contributed by atoms with Gasteiger partial charge in [0.2, 0.25) is 0 Å². The summed E-state index contributed by atoms with van der Waals surface area (Å²) in [6, 6.07) is 5.49. The molecule has 0 saturated carbocycles. The number of phenolic OH excluding ortho intramolecular Hbond substituents is 1. The SMILES string of the molecule is CC(C)(C)c1c(O)cccc1CN. The summed E-state index contributed by atoms with van der Waals surface area (Å²) in [5, 5.41) is 9.70. The smallest absolute Gasteiger partial charge is 0.119 e. The second-order valence-electron chi connectivity index (χ2n) is 4.27. The summed E-state index contributed by atoms with van der Waals surface area (Å²) in [4.78, 5) is 0. The van der Waals surface area contributed by atoms with Crippen molar-refractivity contribution in [2.75, 3.05) is 0 Å². The van der Waals surface area contributed by atoms with Crippen LogP contribution in [0.2, 0.25) is 0 Å². The fraction of sp³-hybridized carbons (Fsp3) is 0.455. The van der Waals surface area contributed by atoms with Crippen molar-refractivity contribution in [3.05, 3.63) is 29.3 Å². The molecule has 2 heteroatoms. The van der Waals surface area contributed by atoms with Crippen LogP contribution < -0.4 is 5.73 Å². The third-order valence-corrected chi connectivity index (χ3v) is 2.10. The van der Waals surface area contributed by atoms with E-state index in [-0.39, 0.29) is 5.41 Å². The van der Waals surface area contributed by atoms with Crippen LogP contribution in [0, 0.1) is 0 Å². The Morgan fingerprint density at radius 1 is 1.31 bits per heavy atom. The van der Waals surface area contributed by atoms with Gasteiger partial charge in [-0.05, 0) is 17.0 Å². The van der Waals surface area contributed by atoms with Crippen LogP contribution in [0.25, 0.3) is 0 Å². The van der Waals surface area contributed by atoms with E-state index in [1.807, 2.05) is 12.1 Å². The minimum Gasteiger partial charge on any atom is -0.508 e. The van der Waals surface area contributed by atoms with Gasteiger partial charge in [0.15, 0.2) is 0 Å². The second-order valence-corrected chi connectivity index (χ2v) is 4.27. The first-order chi connectivity index (χ1) is 5.96. The number of aromatic hydroxyl groups is 1. The van der Waals surface area contributed by atoms with Crippen LogP contribution in [0.1, 0.15) is 31.9 Å². The van der Waals surface area contributed by atoms with Crippen molar-refractivity contribution in [2.24, 2.45) is 5.73 Å². The summed E-state index contributed by atoms with van der Waals surface area (Å²) in [5.41, 5.74) is 7.53. The number of rotatable bonds is 1. The highest BCUT2D eigenvalue weighted by Crippen LogP contribution is 2.33. The quantitative estimate of drug-likeness (QED) is 0.694. The number of nitrogens with two attached hydrogens (primary N) is 1. The fourth-order valence-corrected chi connectivity index (χ4v) is 1.62. The van der Waals surface area contributed by atoms with E-state index < -0.39 is 0 Å². The van der Waals surface area contributed by atoms with Crippen LogP contribution in [-0.4, -0.2) is 5.11 Å². The Balaban J connectivity index is 3.32. The lowest BCUT2D eigenvalue weighted by molar-refractivity contribution is 0.444. The average molecular weight is 179 g/mol. The molecule has 13 heavy (non-hydrogen) atoms. The van der Waals surface area contributed by atoms with E-state index in [1.165, 1.54) is 0 Å². The summed E-state index contributed by atoms with van der Waals surface area (Å²) in [7, 11) is 0. The molecule has 0 fully saturated rings. The van der Waals surface area contributed by atoms with Crippen LogP contribution >= 0.6 is 0 Å². The van der Waals surface area contributed by atoms with Gasteiger partial charge >= 0.3 is 0 Å². The molecule has 1 rings (SSSR count). The van der Waals surface area contributed by atoms with Gasteiger partial charge in [0.05, 0.1) is 0 Å². The second kappa shape index (κ2) is 3.38. The van der Waals surface area contributed by atoms with E-state index in [0.29, 0.717) is 12.3 Å². The lowest BCUT2D eigenvalue weighted by Gasteiger charge is -2.23. The topological polar surface area (TPSA) is 46.2 Å². The highest BCUT2D eigenvalue weighted by atomic mass is 16.3. The summed E-state index contributed by atoms with van der Waals surface area (Å²) in [5.74, 6) is 0.343. The van der Waals surface area contributed by atoms with Crippen LogP contribution in [0.15, 0.2) is 18.2 Å². The van der Waals surface area contributed by atoms with E-state index in [0.717, 1.165) is 11.1 Å². The minimum atomic E-state index is -0.0555. The molecule has 0 aliphatic heterocycles. The number of hydrogen-bond donors (Lipinski definition) is 2. The zero-order valence-electron chi connectivity index (χ0n) is 8.46. The monoisotopic (exact) mass is 179 g/mol. The third-order valence-electron chi connectivity index (χ3n) is 2.10. The number of phenols is 1. The Bertz CT molecular complexity index is 299. The predicted molar refractivity (Wildman–Crippen MR) is 54.7 cm³/mol. The minimum absolute atomic E-state index is 0.0555. The van der Waals surface area contributed by atoms with Crippen LogP contribution in [0.3, 0.4) is 0 Å². The van der Waals surface area contributed by atoms with Crippen molar-refractivity contribution in [3.8, 4) is 5.75 Å². The normalized spacial score (nSPS) is 11.7. The molecule has 3 N–H and O–H groups in total. The molecule has 0 aromatic heterocycles. The molecule has 0 radical (unpaired) electrons. The van der Waals surface area contributed by atoms with Crippen LogP contribution in [0.5, 0.6) is 5.75 Å². The van der Waals surface area contributed by atoms with Crippen molar-refractivity contribution < 1.29 is 5.11 Å². The molecule has 2 nitrogen and oxygen atoms in total. The summed E-state index contributed by atoms with van der Waals surface area (Å²) >= 11 is 0. The van der Waals surface area contributed by atoms with Gasteiger partial charge in [0.1, 0.15) is 5.75 Å². The molecule has 0 aliphatic carbocycles. The molecule has 0 bridgehead atoms. The van der Waals surface area contributed by atoms with Crippen molar-refractivity contribution in [2.45, 2.75) is 32.7 Å². The first-order valence-electron chi connectivity index (χ1n) is 4.48. The summed E-state index contributed by atoms with van der Waals surface area (Å²) < 4.78 is 0. The van der Waals surface area contributed by atoms with Gasteiger partial charge in [0.25, 0.3) is 0 Å². The Morgan fingerprint density at radius 3 is 2.31 bits per heavy atom. The standard InChI is InChI=1S/C11H17NO/c1-11(2,3)10-8(7-12)5-4-6-9(10)13/h4-6,13H,7,12H2,1-3H3. The average Bonchev–Trinajstić information content (AvgIpc) is 2.01. The Labute approximate surface area is 79.4 Å². The molecular weight excluding hydrogens is 162 g/mol. The van der Waals surface area contributed by atoms with Gasteiger partial charge < -0.3 is 10.8 Å². The van der Waals surface area contributed by atoms with Gasteiger partial charge in [-0.25, -0.2) is 0 Å². The van der Waals surface area contributed by atoms with Crippen LogP contribution in [-0.2, 0) is 12.0 Å². The molecule has 0 amide bonds. The van der Waals surface area contributed by atoms with Crippen LogP contribution in [0.4, 0.5) is 0 Å².